The van der Waals surface area contributed by atoms with E-state index in [1.807, 2.05) is 0 Å². The van der Waals surface area contributed by atoms with Crippen LogP contribution in [0, 0.1) is 6.92 Å². The number of rotatable bonds is 5. The lowest BCUT2D eigenvalue weighted by Crippen LogP contribution is -3.00. The maximum absolute atomic E-state index is 2.27. The normalized spacial score (nSPS) is 9.57. The lowest BCUT2D eigenvalue weighted by molar-refractivity contribution is -0.697. The van der Waals surface area contributed by atoms with Gasteiger partial charge in [-0.3, -0.25) is 0 Å². The number of nitrogens with zero attached hydrogens (tertiary/aromatic N) is 1. The lowest BCUT2D eigenvalue weighted by Gasteiger charge is -1.97. The number of hydrogen-bond acceptors (Lipinski definition) is 0. The van der Waals surface area contributed by atoms with Crippen molar-refractivity contribution in [3.8, 4) is 0 Å². The van der Waals surface area contributed by atoms with Crippen LogP contribution in [0.2, 0.25) is 0 Å². The number of unbranched alkanes of at least 4 members (excludes halogenated alkanes) is 3. The smallest absolute Gasteiger partial charge is 0.169 e. The summed E-state index contributed by atoms with van der Waals surface area (Å²) in [6.07, 6.45) is 9.69. The first-order chi connectivity index (χ1) is 6.33. The maximum Gasteiger partial charge on any atom is 0.169 e. The fraction of sp³-hybridized carbons (Fsp3) is 0.583. The van der Waals surface area contributed by atoms with Crippen LogP contribution < -0.4 is 9.27 Å². The summed E-state index contributed by atoms with van der Waals surface area (Å²) in [6.45, 7) is 5.54. The topological polar surface area (TPSA) is 3.88 Å². The van der Waals surface area contributed by atoms with E-state index < -0.39 is 0 Å². The molecule has 14 heavy (non-hydrogen) atoms. The van der Waals surface area contributed by atoms with E-state index >= 15 is 0 Å². The van der Waals surface area contributed by atoms with Crippen LogP contribution in [0.3, 0.4) is 0 Å². The Bertz CT molecular complexity index is 231. The fourth-order valence-corrected chi connectivity index (χ4v) is 1.40. The molecule has 0 radical (unpaired) electrons. The molecule has 0 bridgehead atoms. The highest BCUT2D eigenvalue weighted by Crippen LogP contribution is 1.98. The first kappa shape index (κ1) is 13.1. The highest BCUT2D eigenvalue weighted by atomic mass is 19.0. The molecule has 2 heteroatoms. The van der Waals surface area contributed by atoms with Crippen LogP contribution in [0.1, 0.15) is 38.2 Å². The minimum Gasteiger partial charge on any atom is -1.00 e. The molecule has 1 nitrogen and oxygen atoms in total. The SMILES string of the molecule is CCCCCC[n+]1ccc(C)cc1.[F-]. The number of hydrogen-bond donors (Lipinski definition) is 0. The van der Waals surface area contributed by atoms with Gasteiger partial charge in [-0.1, -0.05) is 19.8 Å². The van der Waals surface area contributed by atoms with Gasteiger partial charge >= 0.3 is 0 Å². The molecular weight excluding hydrogens is 177 g/mol. The molecule has 0 saturated carbocycles. The van der Waals surface area contributed by atoms with Gasteiger partial charge in [0, 0.05) is 18.6 Å². The molecule has 0 amide bonds. The van der Waals surface area contributed by atoms with Crippen LogP contribution in [0.15, 0.2) is 24.5 Å². The van der Waals surface area contributed by atoms with Gasteiger partial charge in [0.1, 0.15) is 6.54 Å². The zero-order chi connectivity index (χ0) is 9.52. The minimum atomic E-state index is 0. The van der Waals surface area contributed by atoms with E-state index in [1.165, 1.54) is 37.8 Å². The predicted molar refractivity (Wildman–Crippen MR) is 55.5 cm³/mol. The molecule has 1 rings (SSSR count). The zero-order valence-electron chi connectivity index (χ0n) is 9.17. The second-order valence-corrected chi connectivity index (χ2v) is 3.67. The average Bonchev–Trinajstić information content (AvgIpc) is 2.15. The van der Waals surface area contributed by atoms with Gasteiger partial charge in [-0.15, -0.1) is 0 Å². The molecule has 0 unspecified atom stereocenters. The van der Waals surface area contributed by atoms with Crippen molar-refractivity contribution in [1.29, 1.82) is 0 Å². The molecule has 0 aliphatic heterocycles. The highest BCUT2D eigenvalue weighted by Gasteiger charge is 1.97. The quantitative estimate of drug-likeness (QED) is 0.457. The lowest BCUT2D eigenvalue weighted by atomic mass is 10.2. The molecule has 0 aliphatic rings. The molecule has 0 spiro atoms. The predicted octanol–water partition coefficient (Wildman–Crippen LogP) is -0.133. The van der Waals surface area contributed by atoms with Crippen molar-refractivity contribution < 1.29 is 9.27 Å². The molecule has 0 saturated heterocycles. The third-order valence-electron chi connectivity index (χ3n) is 2.33. The Morgan fingerprint density at radius 3 is 2.29 bits per heavy atom. The summed E-state index contributed by atoms with van der Waals surface area (Å²) >= 11 is 0. The van der Waals surface area contributed by atoms with Gasteiger partial charge in [0.15, 0.2) is 12.4 Å². The van der Waals surface area contributed by atoms with Crippen molar-refractivity contribution in [3.63, 3.8) is 0 Å². The first-order valence-corrected chi connectivity index (χ1v) is 5.28. The summed E-state index contributed by atoms with van der Waals surface area (Å²) in [6, 6.07) is 4.33. The van der Waals surface area contributed by atoms with E-state index in [4.69, 9.17) is 0 Å². The molecule has 1 aromatic heterocycles. The molecule has 0 N–H and O–H groups in total. The van der Waals surface area contributed by atoms with Crippen LogP contribution >= 0.6 is 0 Å². The molecule has 0 atom stereocenters. The molecule has 0 fully saturated rings. The summed E-state index contributed by atoms with van der Waals surface area (Å²) < 4.78 is 2.27. The van der Waals surface area contributed by atoms with E-state index in [9.17, 15) is 0 Å². The van der Waals surface area contributed by atoms with E-state index in [-0.39, 0.29) is 4.70 Å². The van der Waals surface area contributed by atoms with Gasteiger partial charge in [0.25, 0.3) is 0 Å². The van der Waals surface area contributed by atoms with E-state index in [0.29, 0.717) is 0 Å². The summed E-state index contributed by atoms with van der Waals surface area (Å²) in [5.74, 6) is 0. The number of aromatic nitrogens is 1. The van der Waals surface area contributed by atoms with Crippen LogP contribution in [0.4, 0.5) is 0 Å². The molecular formula is C12H20FN. The standard InChI is InChI=1S/C12H20N.FH/c1-3-4-5-6-9-13-10-7-12(2)8-11-13;/h7-8,10-11H,3-6,9H2,1-2H3;1H/q+1;/p-1. The summed E-state index contributed by atoms with van der Waals surface area (Å²) in [5.41, 5.74) is 1.34. The second kappa shape index (κ2) is 7.48. The zero-order valence-corrected chi connectivity index (χ0v) is 9.17. The Morgan fingerprint density at radius 2 is 1.71 bits per heavy atom. The second-order valence-electron chi connectivity index (χ2n) is 3.67. The Hall–Kier alpha value is -0.920. The Kier molecular flexibility index (Phi) is 6.99. The molecule has 80 valence electrons. The molecule has 0 aliphatic carbocycles. The summed E-state index contributed by atoms with van der Waals surface area (Å²) in [4.78, 5) is 0. The monoisotopic (exact) mass is 197 g/mol. The van der Waals surface area contributed by atoms with Crippen LogP contribution in [-0.4, -0.2) is 0 Å². The van der Waals surface area contributed by atoms with Crippen molar-refractivity contribution in [2.24, 2.45) is 0 Å². The highest BCUT2D eigenvalue weighted by molar-refractivity contribution is 5.03. The van der Waals surface area contributed by atoms with E-state index in [2.05, 4.69) is 42.9 Å². The average molecular weight is 197 g/mol. The van der Waals surface area contributed by atoms with Crippen LogP contribution in [0.25, 0.3) is 0 Å². The third-order valence-corrected chi connectivity index (χ3v) is 2.33. The van der Waals surface area contributed by atoms with Crippen molar-refractivity contribution in [2.45, 2.75) is 46.1 Å². The van der Waals surface area contributed by atoms with Crippen LogP contribution in [-0.2, 0) is 6.54 Å². The third kappa shape index (κ3) is 4.95. The van der Waals surface area contributed by atoms with E-state index in [0.717, 1.165) is 0 Å². The fourth-order valence-electron chi connectivity index (χ4n) is 1.40. The first-order valence-electron chi connectivity index (χ1n) is 5.28. The van der Waals surface area contributed by atoms with Gasteiger partial charge in [0.2, 0.25) is 0 Å². The van der Waals surface area contributed by atoms with Crippen molar-refractivity contribution in [1.82, 2.24) is 0 Å². The van der Waals surface area contributed by atoms with Gasteiger partial charge in [-0.2, -0.15) is 0 Å². The summed E-state index contributed by atoms with van der Waals surface area (Å²) in [5, 5.41) is 0. The van der Waals surface area contributed by atoms with Crippen molar-refractivity contribution in [3.05, 3.63) is 30.1 Å². The summed E-state index contributed by atoms with van der Waals surface area (Å²) in [7, 11) is 0. The maximum atomic E-state index is 2.27. The molecule has 0 aromatic carbocycles. The van der Waals surface area contributed by atoms with Gasteiger partial charge in [-0.25, -0.2) is 4.57 Å². The van der Waals surface area contributed by atoms with Gasteiger partial charge in [0.05, 0.1) is 0 Å². The van der Waals surface area contributed by atoms with Gasteiger partial charge in [-0.05, 0) is 18.9 Å². The van der Waals surface area contributed by atoms with Crippen LogP contribution in [0.5, 0.6) is 0 Å². The Balaban J connectivity index is 0.00000169. The van der Waals surface area contributed by atoms with E-state index in [1.54, 1.807) is 0 Å². The largest absolute Gasteiger partial charge is 1.00 e. The number of halogens is 1. The number of pyridine rings is 1. The van der Waals surface area contributed by atoms with Gasteiger partial charge < -0.3 is 4.70 Å². The molecule has 1 heterocycles. The number of aryl methyl sites for hydroxylation is 2. The molecule has 1 aromatic rings. The Morgan fingerprint density at radius 1 is 1.07 bits per heavy atom. The Labute approximate surface area is 86.1 Å². The van der Waals surface area contributed by atoms with Crippen molar-refractivity contribution >= 4 is 0 Å². The minimum absolute atomic E-state index is 0. The van der Waals surface area contributed by atoms with Crippen molar-refractivity contribution in [2.75, 3.05) is 0 Å².